The third kappa shape index (κ3) is 3.79. The van der Waals surface area contributed by atoms with Crippen LogP contribution in [0.4, 0.5) is 14.6 Å². The van der Waals surface area contributed by atoms with Gasteiger partial charge >= 0.3 is 6.61 Å². The number of alkyl halides is 2. The molecule has 4 aromatic rings. The molecule has 0 saturated carbocycles. The fourth-order valence-corrected chi connectivity index (χ4v) is 3.29. The molecule has 0 spiro atoms. The van der Waals surface area contributed by atoms with E-state index in [0.717, 1.165) is 0 Å². The van der Waals surface area contributed by atoms with E-state index in [1.165, 1.54) is 35.6 Å². The molecule has 0 radical (unpaired) electrons. The Morgan fingerprint density at radius 1 is 1.07 bits per heavy atom. The summed E-state index contributed by atoms with van der Waals surface area (Å²) >= 11 is 1.42. The molecule has 1 amide bonds. The standard InChI is InChI=1S/C19H12F2N4O2S/c20-19(21)27-12-6-4-11(5-7-12)17(26)24-15-13-8-10-28-18(13)25-16(23-15)14-3-1-2-9-22-14/h1-10,19H,(H,23,24,25,26). The molecule has 6 nitrogen and oxygen atoms in total. The SMILES string of the molecule is O=C(Nc1nc(-c2ccccn2)nc2sccc12)c1ccc(OC(F)F)cc1. The highest BCUT2D eigenvalue weighted by Crippen LogP contribution is 2.28. The lowest BCUT2D eigenvalue weighted by atomic mass is 10.2. The van der Waals surface area contributed by atoms with Crippen LogP contribution in [0.1, 0.15) is 10.4 Å². The second-order valence-electron chi connectivity index (χ2n) is 5.61. The van der Waals surface area contributed by atoms with Crippen molar-refractivity contribution in [2.75, 3.05) is 5.32 Å². The minimum atomic E-state index is -2.92. The molecule has 0 aliphatic heterocycles. The predicted octanol–water partition coefficient (Wildman–Crippen LogP) is 4.61. The molecule has 0 atom stereocenters. The van der Waals surface area contributed by atoms with E-state index in [0.29, 0.717) is 27.6 Å². The largest absolute Gasteiger partial charge is 0.435 e. The average Bonchev–Trinajstić information content (AvgIpc) is 3.18. The van der Waals surface area contributed by atoms with Crippen LogP contribution in [-0.2, 0) is 0 Å². The molecule has 0 fully saturated rings. The van der Waals surface area contributed by atoms with Crippen molar-refractivity contribution in [3.63, 3.8) is 0 Å². The van der Waals surface area contributed by atoms with Crippen LogP contribution in [0.5, 0.6) is 5.75 Å². The molecule has 1 aromatic carbocycles. The molecule has 0 aliphatic carbocycles. The quantitative estimate of drug-likeness (QED) is 0.531. The van der Waals surface area contributed by atoms with Gasteiger partial charge in [0.15, 0.2) is 5.82 Å². The number of thiophene rings is 1. The highest BCUT2D eigenvalue weighted by molar-refractivity contribution is 7.16. The van der Waals surface area contributed by atoms with Gasteiger partial charge in [-0.25, -0.2) is 9.97 Å². The van der Waals surface area contributed by atoms with Gasteiger partial charge in [0.25, 0.3) is 5.91 Å². The van der Waals surface area contributed by atoms with Crippen molar-refractivity contribution in [2.45, 2.75) is 6.61 Å². The molecule has 9 heteroatoms. The Bertz CT molecular complexity index is 1120. The van der Waals surface area contributed by atoms with Gasteiger partial charge in [-0.2, -0.15) is 8.78 Å². The maximum absolute atomic E-state index is 12.6. The number of nitrogens with one attached hydrogen (secondary N) is 1. The van der Waals surface area contributed by atoms with Crippen LogP contribution in [0.15, 0.2) is 60.1 Å². The number of anilines is 1. The normalized spacial score (nSPS) is 11.0. The number of fused-ring (bicyclic) bond motifs is 1. The van der Waals surface area contributed by atoms with Crippen LogP contribution in [0.25, 0.3) is 21.7 Å². The second kappa shape index (κ2) is 7.65. The summed E-state index contributed by atoms with van der Waals surface area (Å²) in [4.78, 5) is 26.5. The third-order valence-electron chi connectivity index (χ3n) is 3.79. The number of carbonyl (C=O) groups is 1. The molecule has 0 bridgehead atoms. The van der Waals surface area contributed by atoms with E-state index in [4.69, 9.17) is 0 Å². The van der Waals surface area contributed by atoms with E-state index in [1.807, 2.05) is 17.5 Å². The van der Waals surface area contributed by atoms with Gasteiger partial charge in [-0.15, -0.1) is 11.3 Å². The van der Waals surface area contributed by atoms with Crippen molar-refractivity contribution < 1.29 is 18.3 Å². The van der Waals surface area contributed by atoms with E-state index in [1.54, 1.807) is 18.3 Å². The Morgan fingerprint density at radius 3 is 2.61 bits per heavy atom. The fourth-order valence-electron chi connectivity index (χ4n) is 2.53. The van der Waals surface area contributed by atoms with E-state index >= 15 is 0 Å². The van der Waals surface area contributed by atoms with Gasteiger partial charge < -0.3 is 10.1 Å². The lowest BCUT2D eigenvalue weighted by Crippen LogP contribution is -2.14. The highest BCUT2D eigenvalue weighted by atomic mass is 32.1. The molecule has 3 aromatic heterocycles. The van der Waals surface area contributed by atoms with Gasteiger partial charge in [-0.05, 0) is 47.8 Å². The van der Waals surface area contributed by atoms with Crippen molar-refractivity contribution >= 4 is 33.3 Å². The smallest absolute Gasteiger partial charge is 0.387 e. The van der Waals surface area contributed by atoms with Crippen molar-refractivity contribution in [3.8, 4) is 17.3 Å². The molecular weight excluding hydrogens is 386 g/mol. The Labute approximate surface area is 161 Å². The van der Waals surface area contributed by atoms with Gasteiger partial charge in [0.2, 0.25) is 0 Å². The number of benzene rings is 1. The lowest BCUT2D eigenvalue weighted by Gasteiger charge is -2.09. The molecule has 0 unspecified atom stereocenters. The van der Waals surface area contributed by atoms with E-state index in [2.05, 4.69) is 25.0 Å². The van der Waals surface area contributed by atoms with Crippen LogP contribution in [0.2, 0.25) is 0 Å². The van der Waals surface area contributed by atoms with Crippen LogP contribution < -0.4 is 10.1 Å². The van der Waals surface area contributed by atoms with E-state index < -0.39 is 12.5 Å². The summed E-state index contributed by atoms with van der Waals surface area (Å²) in [6, 6.07) is 12.6. The fraction of sp³-hybridized carbons (Fsp3) is 0.0526. The molecule has 28 heavy (non-hydrogen) atoms. The highest BCUT2D eigenvalue weighted by Gasteiger charge is 2.15. The van der Waals surface area contributed by atoms with Crippen molar-refractivity contribution in [1.82, 2.24) is 15.0 Å². The zero-order valence-electron chi connectivity index (χ0n) is 14.2. The van der Waals surface area contributed by atoms with Gasteiger partial charge in [-0.3, -0.25) is 9.78 Å². The van der Waals surface area contributed by atoms with Crippen molar-refractivity contribution in [3.05, 3.63) is 65.7 Å². The predicted molar refractivity (Wildman–Crippen MR) is 102 cm³/mol. The van der Waals surface area contributed by atoms with Crippen molar-refractivity contribution in [1.29, 1.82) is 0 Å². The molecule has 140 valence electrons. The van der Waals surface area contributed by atoms with Gasteiger partial charge in [0.05, 0.1) is 5.39 Å². The van der Waals surface area contributed by atoms with Crippen molar-refractivity contribution in [2.24, 2.45) is 0 Å². The molecule has 4 rings (SSSR count). The first-order valence-electron chi connectivity index (χ1n) is 8.13. The first-order valence-corrected chi connectivity index (χ1v) is 9.01. The third-order valence-corrected chi connectivity index (χ3v) is 4.60. The van der Waals surface area contributed by atoms with Crippen LogP contribution in [-0.4, -0.2) is 27.5 Å². The monoisotopic (exact) mass is 398 g/mol. The minimum absolute atomic E-state index is 0.0220. The summed E-state index contributed by atoms with van der Waals surface area (Å²) in [6.45, 7) is -2.92. The summed E-state index contributed by atoms with van der Waals surface area (Å²) in [7, 11) is 0. The van der Waals surface area contributed by atoms with E-state index in [9.17, 15) is 13.6 Å². The number of nitrogens with zero attached hydrogens (tertiary/aromatic N) is 3. The molecule has 3 heterocycles. The first kappa shape index (κ1) is 17.9. The second-order valence-corrected chi connectivity index (χ2v) is 6.50. The summed E-state index contributed by atoms with van der Waals surface area (Å²) in [5, 5.41) is 5.32. The average molecular weight is 398 g/mol. The summed E-state index contributed by atoms with van der Waals surface area (Å²) in [5.41, 5.74) is 0.866. The van der Waals surface area contributed by atoms with Crippen LogP contribution in [0.3, 0.4) is 0 Å². The number of amides is 1. The number of rotatable bonds is 5. The Morgan fingerprint density at radius 2 is 1.89 bits per heavy atom. The van der Waals surface area contributed by atoms with Crippen LogP contribution in [0, 0.1) is 0 Å². The summed E-state index contributed by atoms with van der Waals surface area (Å²) in [5.74, 6) is 0.296. The van der Waals surface area contributed by atoms with Gasteiger partial charge in [0, 0.05) is 11.8 Å². The first-order chi connectivity index (χ1) is 13.6. The molecule has 0 saturated heterocycles. The maximum atomic E-state index is 12.6. The van der Waals surface area contributed by atoms with Crippen LogP contribution >= 0.6 is 11.3 Å². The number of ether oxygens (including phenoxy) is 1. The number of hydrogen-bond donors (Lipinski definition) is 1. The zero-order chi connectivity index (χ0) is 19.5. The molecular formula is C19H12F2N4O2S. The Balaban J connectivity index is 1.63. The molecule has 1 N–H and O–H groups in total. The number of carbonyl (C=O) groups excluding carboxylic acids is 1. The van der Waals surface area contributed by atoms with E-state index in [-0.39, 0.29) is 11.3 Å². The molecule has 0 aliphatic rings. The number of halogens is 2. The lowest BCUT2D eigenvalue weighted by molar-refractivity contribution is -0.0498. The van der Waals surface area contributed by atoms with Gasteiger partial charge in [0.1, 0.15) is 22.1 Å². The number of aromatic nitrogens is 3. The number of hydrogen-bond acceptors (Lipinski definition) is 6. The maximum Gasteiger partial charge on any atom is 0.387 e. The number of pyridine rings is 1. The summed E-state index contributed by atoms with van der Waals surface area (Å²) < 4.78 is 28.8. The Hall–Kier alpha value is -3.46. The van der Waals surface area contributed by atoms with Gasteiger partial charge in [-0.1, -0.05) is 6.07 Å². The minimum Gasteiger partial charge on any atom is -0.435 e. The topological polar surface area (TPSA) is 77.0 Å². The summed E-state index contributed by atoms with van der Waals surface area (Å²) in [6.07, 6.45) is 1.64. The zero-order valence-corrected chi connectivity index (χ0v) is 15.0. The Kier molecular flexibility index (Phi) is 4.90.